The lowest BCUT2D eigenvalue weighted by molar-refractivity contribution is -0.157. The van der Waals surface area contributed by atoms with Crippen LogP contribution in [0.5, 0.6) is 0 Å². The molecule has 0 radical (unpaired) electrons. The molecule has 1 heterocycles. The van der Waals surface area contributed by atoms with Crippen LogP contribution in [0.2, 0.25) is 0 Å². The molecule has 1 aliphatic rings. The molecule has 5 heteroatoms. The maximum Gasteiger partial charge on any atom is 0.320 e. The molecule has 80 valence electrons. The number of carbonyl (C=O) groups is 2. The van der Waals surface area contributed by atoms with Crippen LogP contribution in [-0.2, 0) is 19.1 Å². The van der Waals surface area contributed by atoms with Gasteiger partial charge in [-0.2, -0.15) is 0 Å². The Morgan fingerprint density at radius 1 is 1.64 bits per heavy atom. The van der Waals surface area contributed by atoms with Gasteiger partial charge in [-0.05, 0) is 18.8 Å². The Kier molecular flexibility index (Phi) is 3.88. The summed E-state index contributed by atoms with van der Waals surface area (Å²) < 4.78 is 9.53. The van der Waals surface area contributed by atoms with E-state index in [-0.39, 0.29) is 5.92 Å². The third-order valence-electron chi connectivity index (χ3n) is 2.38. The molecule has 1 rings (SSSR count). The highest BCUT2D eigenvalue weighted by molar-refractivity contribution is 5.93. The number of esters is 1. The van der Waals surface area contributed by atoms with E-state index in [0.717, 1.165) is 6.42 Å². The van der Waals surface area contributed by atoms with Gasteiger partial charge in [-0.15, -0.1) is 0 Å². The fourth-order valence-electron chi connectivity index (χ4n) is 1.54. The highest BCUT2D eigenvalue weighted by Gasteiger charge is 2.31. The summed E-state index contributed by atoms with van der Waals surface area (Å²) in [6, 6.07) is 0. The number of carboxylic acid groups (broad SMARTS) is 1. The number of rotatable bonds is 4. The number of ether oxygens (including phenoxy) is 2. The quantitative estimate of drug-likeness (QED) is 0.524. The predicted octanol–water partition coefficient (Wildman–Crippen LogP) is 0.287. The summed E-state index contributed by atoms with van der Waals surface area (Å²) in [5.74, 6) is -2.69. The van der Waals surface area contributed by atoms with Gasteiger partial charge in [-0.25, -0.2) is 0 Å². The van der Waals surface area contributed by atoms with Crippen molar-refractivity contribution in [1.82, 2.24) is 0 Å². The van der Waals surface area contributed by atoms with Gasteiger partial charge in [-0.3, -0.25) is 9.59 Å². The van der Waals surface area contributed by atoms with Gasteiger partial charge in [0.25, 0.3) is 0 Å². The number of carbonyl (C=O) groups excluding carboxylic acids is 1. The van der Waals surface area contributed by atoms with E-state index in [1.165, 1.54) is 7.11 Å². The van der Waals surface area contributed by atoms with Crippen LogP contribution < -0.4 is 0 Å². The van der Waals surface area contributed by atoms with Crippen LogP contribution in [-0.4, -0.2) is 37.4 Å². The van der Waals surface area contributed by atoms with Gasteiger partial charge in [0.05, 0.1) is 7.11 Å². The monoisotopic (exact) mass is 202 g/mol. The van der Waals surface area contributed by atoms with Crippen molar-refractivity contribution in [2.24, 2.45) is 11.8 Å². The Hall–Kier alpha value is -1.10. The van der Waals surface area contributed by atoms with Crippen LogP contribution >= 0.6 is 0 Å². The molecular formula is C9H14O5. The molecule has 0 aliphatic carbocycles. The van der Waals surface area contributed by atoms with Gasteiger partial charge in [0, 0.05) is 13.2 Å². The molecular weight excluding hydrogens is 188 g/mol. The molecule has 1 aliphatic heterocycles. The zero-order chi connectivity index (χ0) is 10.6. The molecule has 0 aromatic rings. The van der Waals surface area contributed by atoms with Gasteiger partial charge in [0.2, 0.25) is 0 Å². The average Bonchev–Trinajstić information content (AvgIpc) is 2.65. The third kappa shape index (κ3) is 2.70. The summed E-state index contributed by atoms with van der Waals surface area (Å²) in [6.07, 6.45) is 1.13. The summed E-state index contributed by atoms with van der Waals surface area (Å²) >= 11 is 0. The number of aliphatic carboxylic acids is 1. The van der Waals surface area contributed by atoms with E-state index in [4.69, 9.17) is 9.84 Å². The van der Waals surface area contributed by atoms with Gasteiger partial charge in [0.15, 0.2) is 5.92 Å². The van der Waals surface area contributed by atoms with E-state index in [1.54, 1.807) is 0 Å². The Bertz CT molecular complexity index is 219. The molecule has 0 aromatic carbocycles. The summed E-state index contributed by atoms with van der Waals surface area (Å²) in [4.78, 5) is 21.8. The molecule has 0 amide bonds. The molecule has 1 saturated heterocycles. The van der Waals surface area contributed by atoms with E-state index >= 15 is 0 Å². The Labute approximate surface area is 82.0 Å². The Balaban J connectivity index is 2.50. The summed E-state index contributed by atoms with van der Waals surface area (Å²) in [5, 5.41) is 8.79. The number of hydrogen-bond acceptors (Lipinski definition) is 4. The molecule has 1 fully saturated rings. The molecule has 1 N–H and O–H groups in total. The Morgan fingerprint density at radius 3 is 2.79 bits per heavy atom. The zero-order valence-electron chi connectivity index (χ0n) is 8.06. The third-order valence-corrected chi connectivity index (χ3v) is 2.38. The maximum atomic E-state index is 11.1. The van der Waals surface area contributed by atoms with Crippen LogP contribution in [0.3, 0.4) is 0 Å². The largest absolute Gasteiger partial charge is 0.481 e. The van der Waals surface area contributed by atoms with Crippen LogP contribution in [0.4, 0.5) is 0 Å². The minimum atomic E-state index is -1.12. The second-order valence-corrected chi connectivity index (χ2v) is 3.38. The fourth-order valence-corrected chi connectivity index (χ4v) is 1.54. The number of hydrogen-bond donors (Lipinski definition) is 1. The van der Waals surface area contributed by atoms with E-state index in [9.17, 15) is 9.59 Å². The number of carboxylic acids is 1. The van der Waals surface area contributed by atoms with Crippen molar-refractivity contribution in [2.75, 3.05) is 20.3 Å². The second kappa shape index (κ2) is 4.95. The highest BCUT2D eigenvalue weighted by atomic mass is 16.5. The average molecular weight is 202 g/mol. The maximum absolute atomic E-state index is 11.1. The van der Waals surface area contributed by atoms with Gasteiger partial charge in [-0.1, -0.05) is 0 Å². The van der Waals surface area contributed by atoms with E-state index in [2.05, 4.69) is 4.74 Å². The van der Waals surface area contributed by atoms with E-state index in [0.29, 0.717) is 19.6 Å². The number of methoxy groups -OCH3 is 1. The SMILES string of the molecule is COC(=O)C(CC1CCOC1)C(=O)O. The second-order valence-electron chi connectivity index (χ2n) is 3.38. The first-order chi connectivity index (χ1) is 6.65. The van der Waals surface area contributed by atoms with Crippen molar-refractivity contribution in [3.63, 3.8) is 0 Å². The summed E-state index contributed by atoms with van der Waals surface area (Å²) in [7, 11) is 1.20. The predicted molar refractivity (Wildman–Crippen MR) is 46.7 cm³/mol. The first-order valence-corrected chi connectivity index (χ1v) is 4.53. The molecule has 14 heavy (non-hydrogen) atoms. The lowest BCUT2D eigenvalue weighted by Crippen LogP contribution is -2.27. The van der Waals surface area contributed by atoms with Crippen molar-refractivity contribution in [1.29, 1.82) is 0 Å². The van der Waals surface area contributed by atoms with Crippen LogP contribution in [0, 0.1) is 11.8 Å². The standard InChI is InChI=1S/C9H14O5/c1-13-9(12)7(8(10)11)4-6-2-3-14-5-6/h6-7H,2-5H2,1H3,(H,10,11). The first-order valence-electron chi connectivity index (χ1n) is 4.53. The smallest absolute Gasteiger partial charge is 0.320 e. The molecule has 0 bridgehead atoms. The lowest BCUT2D eigenvalue weighted by atomic mass is 9.94. The molecule has 0 saturated carbocycles. The molecule has 5 nitrogen and oxygen atoms in total. The van der Waals surface area contributed by atoms with E-state index in [1.807, 2.05) is 0 Å². The van der Waals surface area contributed by atoms with Gasteiger partial charge < -0.3 is 14.6 Å². The molecule has 2 atom stereocenters. The summed E-state index contributed by atoms with van der Waals surface area (Å²) in [5.41, 5.74) is 0. The fraction of sp³-hybridized carbons (Fsp3) is 0.778. The van der Waals surface area contributed by atoms with Crippen LogP contribution in [0.25, 0.3) is 0 Å². The van der Waals surface area contributed by atoms with E-state index < -0.39 is 17.9 Å². The minimum Gasteiger partial charge on any atom is -0.481 e. The molecule has 0 spiro atoms. The van der Waals surface area contributed by atoms with Crippen molar-refractivity contribution in [3.05, 3.63) is 0 Å². The zero-order valence-corrected chi connectivity index (χ0v) is 8.06. The summed E-state index contributed by atoms with van der Waals surface area (Å²) in [6.45, 7) is 1.19. The first kappa shape index (κ1) is 11.0. The lowest BCUT2D eigenvalue weighted by Gasteiger charge is -2.13. The normalized spacial score (nSPS) is 23.1. The van der Waals surface area contributed by atoms with Crippen molar-refractivity contribution in [3.8, 4) is 0 Å². The minimum absolute atomic E-state index is 0.162. The van der Waals surface area contributed by atoms with Crippen molar-refractivity contribution < 1.29 is 24.2 Å². The Morgan fingerprint density at radius 2 is 2.36 bits per heavy atom. The van der Waals surface area contributed by atoms with Crippen LogP contribution in [0.1, 0.15) is 12.8 Å². The topological polar surface area (TPSA) is 72.8 Å². The van der Waals surface area contributed by atoms with Gasteiger partial charge in [0.1, 0.15) is 0 Å². The van der Waals surface area contributed by atoms with Crippen molar-refractivity contribution in [2.45, 2.75) is 12.8 Å². The van der Waals surface area contributed by atoms with Gasteiger partial charge >= 0.3 is 11.9 Å². The highest BCUT2D eigenvalue weighted by Crippen LogP contribution is 2.22. The molecule has 0 aromatic heterocycles. The van der Waals surface area contributed by atoms with Crippen molar-refractivity contribution >= 4 is 11.9 Å². The molecule has 2 unspecified atom stereocenters. The van der Waals surface area contributed by atoms with Crippen LogP contribution in [0.15, 0.2) is 0 Å².